The number of benzene rings is 2. The standard InChI is InChI=1S/C21H19ClN4O4S/c1-3-10-25-20(28)18(31-21(25)24-16-7-5-4-6-13(16)2)12-19(27)23-17-11-14(26(29)30)8-9-15(17)22/h3-9,11,18H,1,10,12H2,2H3,(H,23,27). The molecule has 0 aromatic heterocycles. The summed E-state index contributed by atoms with van der Waals surface area (Å²) in [6.07, 6.45) is 1.46. The first-order valence-electron chi connectivity index (χ1n) is 9.27. The van der Waals surface area contributed by atoms with Crippen molar-refractivity contribution in [3.8, 4) is 0 Å². The molecule has 31 heavy (non-hydrogen) atoms. The van der Waals surface area contributed by atoms with Crippen LogP contribution in [0.25, 0.3) is 0 Å². The Labute approximate surface area is 188 Å². The Balaban J connectivity index is 1.77. The second-order valence-corrected chi connectivity index (χ2v) is 8.28. The van der Waals surface area contributed by atoms with Crippen LogP contribution in [0.3, 0.4) is 0 Å². The van der Waals surface area contributed by atoms with Gasteiger partial charge in [-0.15, -0.1) is 6.58 Å². The zero-order chi connectivity index (χ0) is 22.5. The second kappa shape index (κ2) is 9.76. The fraction of sp³-hybridized carbons (Fsp3) is 0.190. The number of halogens is 1. The van der Waals surface area contributed by atoms with E-state index in [0.29, 0.717) is 5.17 Å². The van der Waals surface area contributed by atoms with Crippen LogP contribution in [0.2, 0.25) is 5.02 Å². The van der Waals surface area contributed by atoms with Crippen molar-refractivity contribution < 1.29 is 14.5 Å². The smallest absolute Gasteiger partial charge is 0.271 e. The number of nitrogens with one attached hydrogen (secondary N) is 1. The third-order valence-corrected chi connectivity index (χ3v) is 5.97. The summed E-state index contributed by atoms with van der Waals surface area (Å²) >= 11 is 7.23. The number of amidine groups is 1. The van der Waals surface area contributed by atoms with Gasteiger partial charge in [0.15, 0.2) is 5.17 Å². The van der Waals surface area contributed by atoms with Gasteiger partial charge in [0, 0.05) is 25.1 Å². The number of para-hydroxylation sites is 1. The third kappa shape index (κ3) is 5.31. The van der Waals surface area contributed by atoms with Crippen molar-refractivity contribution in [2.24, 2.45) is 4.99 Å². The molecule has 0 spiro atoms. The summed E-state index contributed by atoms with van der Waals surface area (Å²) in [5.74, 6) is -0.735. The molecule has 0 saturated carbocycles. The van der Waals surface area contributed by atoms with E-state index in [9.17, 15) is 19.7 Å². The Morgan fingerprint density at radius 3 is 2.81 bits per heavy atom. The van der Waals surface area contributed by atoms with Gasteiger partial charge in [-0.1, -0.05) is 47.6 Å². The number of rotatable bonds is 7. The van der Waals surface area contributed by atoms with Crippen LogP contribution in [0.4, 0.5) is 17.1 Å². The highest BCUT2D eigenvalue weighted by Gasteiger charge is 2.38. The number of carbonyl (C=O) groups excluding carboxylic acids is 2. The molecule has 1 heterocycles. The van der Waals surface area contributed by atoms with Crippen molar-refractivity contribution in [1.29, 1.82) is 0 Å². The van der Waals surface area contributed by atoms with Gasteiger partial charge < -0.3 is 5.32 Å². The first kappa shape index (κ1) is 22.5. The van der Waals surface area contributed by atoms with E-state index in [-0.39, 0.29) is 35.3 Å². The van der Waals surface area contributed by atoms with E-state index in [4.69, 9.17) is 11.6 Å². The minimum absolute atomic E-state index is 0.119. The van der Waals surface area contributed by atoms with Crippen molar-refractivity contribution in [1.82, 2.24) is 4.90 Å². The number of anilines is 1. The average molecular weight is 459 g/mol. The maximum atomic E-state index is 12.9. The summed E-state index contributed by atoms with van der Waals surface area (Å²) in [6.45, 7) is 5.88. The number of carbonyl (C=O) groups is 2. The molecule has 3 rings (SSSR count). The molecule has 2 amide bonds. The highest BCUT2D eigenvalue weighted by molar-refractivity contribution is 8.15. The summed E-state index contributed by atoms with van der Waals surface area (Å²) in [6, 6.07) is 11.3. The molecule has 1 N–H and O–H groups in total. The molecule has 2 aromatic carbocycles. The predicted octanol–water partition coefficient (Wildman–Crippen LogP) is 4.70. The first-order valence-corrected chi connectivity index (χ1v) is 10.5. The predicted molar refractivity (Wildman–Crippen MR) is 123 cm³/mol. The van der Waals surface area contributed by atoms with Crippen LogP contribution in [0, 0.1) is 17.0 Å². The summed E-state index contributed by atoms with van der Waals surface area (Å²) in [5, 5.41) is 13.5. The van der Waals surface area contributed by atoms with Crippen LogP contribution in [-0.2, 0) is 9.59 Å². The number of aliphatic imine (C=N–C) groups is 1. The van der Waals surface area contributed by atoms with Crippen molar-refractivity contribution in [2.45, 2.75) is 18.6 Å². The van der Waals surface area contributed by atoms with Crippen LogP contribution >= 0.6 is 23.4 Å². The number of hydrogen-bond acceptors (Lipinski definition) is 6. The molecule has 160 valence electrons. The minimum Gasteiger partial charge on any atom is -0.325 e. The highest BCUT2D eigenvalue weighted by atomic mass is 35.5. The van der Waals surface area contributed by atoms with Crippen LogP contribution in [0.15, 0.2) is 60.1 Å². The van der Waals surface area contributed by atoms with Gasteiger partial charge in [0.2, 0.25) is 11.8 Å². The van der Waals surface area contributed by atoms with Crippen molar-refractivity contribution in [3.05, 3.63) is 75.8 Å². The molecule has 1 aliphatic heterocycles. The molecular formula is C21H19ClN4O4S. The summed E-state index contributed by atoms with van der Waals surface area (Å²) in [5.41, 5.74) is 1.62. The van der Waals surface area contributed by atoms with Crippen LogP contribution in [0.1, 0.15) is 12.0 Å². The fourth-order valence-corrected chi connectivity index (χ4v) is 4.23. The fourth-order valence-electron chi connectivity index (χ4n) is 2.91. The van der Waals surface area contributed by atoms with E-state index in [0.717, 1.165) is 11.3 Å². The number of nitro benzene ring substituents is 1. The lowest BCUT2D eigenvalue weighted by atomic mass is 10.2. The van der Waals surface area contributed by atoms with Crippen molar-refractivity contribution in [2.75, 3.05) is 11.9 Å². The number of hydrogen-bond donors (Lipinski definition) is 1. The maximum absolute atomic E-state index is 12.9. The number of non-ortho nitro benzene ring substituents is 1. The molecule has 1 saturated heterocycles. The summed E-state index contributed by atoms with van der Waals surface area (Å²) < 4.78 is 0. The molecule has 1 atom stereocenters. The van der Waals surface area contributed by atoms with E-state index in [2.05, 4.69) is 16.9 Å². The second-order valence-electron chi connectivity index (χ2n) is 6.70. The number of thioether (sulfide) groups is 1. The summed E-state index contributed by atoms with van der Waals surface area (Å²) in [7, 11) is 0. The molecule has 0 aliphatic carbocycles. The first-order chi connectivity index (χ1) is 14.8. The number of aryl methyl sites for hydroxylation is 1. The van der Waals surface area contributed by atoms with Gasteiger partial charge in [-0.05, 0) is 24.6 Å². The highest BCUT2D eigenvalue weighted by Crippen LogP contribution is 2.33. The van der Waals surface area contributed by atoms with E-state index in [1.807, 2.05) is 31.2 Å². The van der Waals surface area contributed by atoms with Gasteiger partial charge in [-0.3, -0.25) is 24.6 Å². The molecule has 1 fully saturated rings. The topological polar surface area (TPSA) is 105 Å². The Morgan fingerprint density at radius 2 is 2.13 bits per heavy atom. The Hall–Kier alpha value is -3.17. The molecule has 0 radical (unpaired) electrons. The molecule has 1 unspecified atom stereocenters. The third-order valence-electron chi connectivity index (χ3n) is 4.47. The van der Waals surface area contributed by atoms with Gasteiger partial charge >= 0.3 is 0 Å². The molecule has 8 nitrogen and oxygen atoms in total. The monoisotopic (exact) mass is 458 g/mol. The van der Waals surface area contributed by atoms with E-state index < -0.39 is 16.1 Å². The molecule has 10 heteroatoms. The maximum Gasteiger partial charge on any atom is 0.271 e. The quantitative estimate of drug-likeness (QED) is 0.367. The van der Waals surface area contributed by atoms with E-state index >= 15 is 0 Å². The lowest BCUT2D eigenvalue weighted by Crippen LogP contribution is -2.33. The van der Waals surface area contributed by atoms with Crippen molar-refractivity contribution in [3.63, 3.8) is 0 Å². The van der Waals surface area contributed by atoms with E-state index in [1.54, 1.807) is 6.08 Å². The molecule has 2 aromatic rings. The lowest BCUT2D eigenvalue weighted by molar-refractivity contribution is -0.384. The van der Waals surface area contributed by atoms with Gasteiger partial charge in [-0.2, -0.15) is 0 Å². The van der Waals surface area contributed by atoms with Gasteiger partial charge in [0.1, 0.15) is 5.25 Å². The van der Waals surface area contributed by atoms with E-state index in [1.165, 1.54) is 34.9 Å². The van der Waals surface area contributed by atoms with Crippen LogP contribution in [0.5, 0.6) is 0 Å². The lowest BCUT2D eigenvalue weighted by Gasteiger charge is -2.14. The molecule has 1 aliphatic rings. The number of amides is 2. The minimum atomic E-state index is -0.680. The Kier molecular flexibility index (Phi) is 7.09. The molecule has 0 bridgehead atoms. The zero-order valence-electron chi connectivity index (χ0n) is 16.6. The van der Waals surface area contributed by atoms with Gasteiger partial charge in [-0.25, -0.2) is 4.99 Å². The van der Waals surface area contributed by atoms with Gasteiger partial charge in [0.05, 0.1) is 21.3 Å². The Bertz CT molecular complexity index is 1090. The van der Waals surface area contributed by atoms with Gasteiger partial charge in [0.25, 0.3) is 5.69 Å². The van der Waals surface area contributed by atoms with Crippen molar-refractivity contribution >= 4 is 57.4 Å². The number of nitro groups is 1. The number of nitrogens with zero attached hydrogens (tertiary/aromatic N) is 3. The SMILES string of the molecule is C=CCN1C(=O)C(CC(=O)Nc2cc([N+](=O)[O-])ccc2Cl)SC1=Nc1ccccc1C. The molecular weight excluding hydrogens is 440 g/mol. The largest absolute Gasteiger partial charge is 0.325 e. The zero-order valence-corrected chi connectivity index (χ0v) is 18.2. The summed E-state index contributed by atoms with van der Waals surface area (Å²) in [4.78, 5) is 41.9. The Morgan fingerprint density at radius 1 is 1.39 bits per heavy atom. The van der Waals surface area contributed by atoms with Crippen LogP contribution in [-0.4, -0.2) is 38.6 Å². The normalized spacial score (nSPS) is 17.1. The van der Waals surface area contributed by atoms with Crippen LogP contribution < -0.4 is 5.32 Å². The average Bonchev–Trinajstić information content (AvgIpc) is 3.00.